The Morgan fingerprint density at radius 1 is 1.10 bits per heavy atom. The van der Waals surface area contributed by atoms with Crippen molar-refractivity contribution in [1.29, 1.82) is 0 Å². The molecule has 2 rings (SSSR count). The smallest absolute Gasteiger partial charge is 0.293 e. The van der Waals surface area contributed by atoms with Gasteiger partial charge in [0.25, 0.3) is 11.6 Å². The molecule has 0 aliphatic rings. The molecule has 2 N–H and O–H groups in total. The Morgan fingerprint density at radius 2 is 1.71 bits per heavy atom. The second-order valence-corrected chi connectivity index (χ2v) is 9.14. The minimum absolute atomic E-state index is 0.0853. The largest absolute Gasteiger partial charge is 0.375 e. The highest BCUT2D eigenvalue weighted by atomic mass is 32.2. The van der Waals surface area contributed by atoms with E-state index in [1.54, 1.807) is 39.8 Å². The van der Waals surface area contributed by atoms with Crippen LogP contribution in [0.25, 0.3) is 0 Å². The molecule has 0 fully saturated rings. The van der Waals surface area contributed by atoms with E-state index in [4.69, 9.17) is 0 Å². The average molecular weight is 449 g/mol. The molecule has 9 nitrogen and oxygen atoms in total. The fraction of sp³-hybridized carbons (Fsp3) is 0.381. The van der Waals surface area contributed by atoms with E-state index in [0.717, 1.165) is 5.56 Å². The van der Waals surface area contributed by atoms with Gasteiger partial charge in [-0.3, -0.25) is 14.9 Å². The lowest BCUT2D eigenvalue weighted by molar-refractivity contribution is -0.384. The molecule has 0 aliphatic heterocycles. The third-order valence-electron chi connectivity index (χ3n) is 4.63. The summed E-state index contributed by atoms with van der Waals surface area (Å²) in [5.74, 6) is -0.380. The van der Waals surface area contributed by atoms with Gasteiger partial charge < -0.3 is 10.6 Å². The number of nitro groups is 1. The Balaban J connectivity index is 2.17. The van der Waals surface area contributed by atoms with Crippen LogP contribution in [-0.2, 0) is 16.6 Å². The number of nitrogens with one attached hydrogen (secondary N) is 2. The van der Waals surface area contributed by atoms with Gasteiger partial charge in [0.1, 0.15) is 5.69 Å². The topological polar surface area (TPSA) is 122 Å². The van der Waals surface area contributed by atoms with E-state index in [1.807, 2.05) is 0 Å². The van der Waals surface area contributed by atoms with Crippen LogP contribution in [0.5, 0.6) is 0 Å². The molecule has 31 heavy (non-hydrogen) atoms. The van der Waals surface area contributed by atoms with Crippen molar-refractivity contribution in [1.82, 2.24) is 9.62 Å². The molecule has 0 aromatic heterocycles. The summed E-state index contributed by atoms with van der Waals surface area (Å²) < 4.78 is 26.5. The Hall–Kier alpha value is -2.98. The van der Waals surface area contributed by atoms with Crippen LogP contribution in [0.1, 0.15) is 43.6 Å². The van der Waals surface area contributed by atoms with Crippen LogP contribution >= 0.6 is 0 Å². The first-order valence-corrected chi connectivity index (χ1v) is 11.5. The molecule has 2 aromatic carbocycles. The number of hydrogen-bond acceptors (Lipinski definition) is 6. The predicted molar refractivity (Wildman–Crippen MR) is 120 cm³/mol. The van der Waals surface area contributed by atoms with Gasteiger partial charge in [-0.1, -0.05) is 26.0 Å². The molecular formula is C21H28N4O5S. The highest BCUT2D eigenvalue weighted by Crippen LogP contribution is 2.26. The summed E-state index contributed by atoms with van der Waals surface area (Å²) in [6, 6.07) is 10.5. The maximum absolute atomic E-state index is 12.6. The lowest BCUT2D eigenvalue weighted by Crippen LogP contribution is -2.30. The zero-order valence-corrected chi connectivity index (χ0v) is 18.9. The summed E-state index contributed by atoms with van der Waals surface area (Å²) in [4.78, 5) is 23.2. The molecule has 0 saturated heterocycles. The number of anilines is 1. The van der Waals surface area contributed by atoms with E-state index in [-0.39, 0.29) is 40.3 Å². The third-order valence-corrected chi connectivity index (χ3v) is 6.69. The Morgan fingerprint density at radius 3 is 2.23 bits per heavy atom. The van der Waals surface area contributed by atoms with Gasteiger partial charge in [-0.05, 0) is 43.7 Å². The van der Waals surface area contributed by atoms with Crippen LogP contribution in [-0.4, -0.2) is 42.7 Å². The number of nitrogens with zero attached hydrogens (tertiary/aromatic N) is 2. The van der Waals surface area contributed by atoms with Gasteiger partial charge in [0.15, 0.2) is 0 Å². The summed E-state index contributed by atoms with van der Waals surface area (Å²) in [5.41, 5.74) is 1.02. The fourth-order valence-electron chi connectivity index (χ4n) is 3.01. The van der Waals surface area contributed by atoms with Gasteiger partial charge in [-0.15, -0.1) is 0 Å². The van der Waals surface area contributed by atoms with Gasteiger partial charge in [-0.2, -0.15) is 4.31 Å². The average Bonchev–Trinajstić information content (AvgIpc) is 2.72. The molecule has 1 amide bonds. The Kier molecular flexibility index (Phi) is 8.12. The highest BCUT2D eigenvalue weighted by Gasteiger charge is 2.21. The number of carbonyl (C=O) groups is 1. The standard InChI is InChI=1S/C21H28N4O5S/c1-5-24(6-2)31(29,30)18-10-7-16(8-11-18)14-22-19-12-9-17(13-20(19)25(27)28)21(26)23-15(3)4/h7-13,15,22H,5-6,14H2,1-4H3,(H,23,26). The van der Waals surface area contributed by atoms with Crippen LogP contribution < -0.4 is 10.6 Å². The summed E-state index contributed by atoms with van der Waals surface area (Å²) in [6.45, 7) is 8.20. The van der Waals surface area contributed by atoms with Crippen molar-refractivity contribution in [2.45, 2.75) is 45.2 Å². The molecule has 0 atom stereocenters. The molecule has 0 heterocycles. The zero-order chi connectivity index (χ0) is 23.2. The van der Waals surface area contributed by atoms with Crippen LogP contribution in [0.4, 0.5) is 11.4 Å². The quantitative estimate of drug-likeness (QED) is 0.424. The molecule has 0 aliphatic carbocycles. The summed E-state index contributed by atoms with van der Waals surface area (Å²) in [5, 5.41) is 17.2. The third kappa shape index (κ3) is 6.02. The first kappa shape index (κ1) is 24.3. The van der Waals surface area contributed by atoms with Gasteiger partial charge in [0, 0.05) is 37.3 Å². The van der Waals surface area contributed by atoms with Crippen molar-refractivity contribution in [3.05, 3.63) is 63.7 Å². The first-order chi connectivity index (χ1) is 14.6. The number of benzene rings is 2. The fourth-order valence-corrected chi connectivity index (χ4v) is 4.47. The lowest BCUT2D eigenvalue weighted by Gasteiger charge is -2.18. The number of rotatable bonds is 10. The predicted octanol–water partition coefficient (Wildman–Crippen LogP) is 3.38. The molecule has 0 saturated carbocycles. The normalized spacial score (nSPS) is 11.5. The van der Waals surface area contributed by atoms with Crippen molar-refractivity contribution in [2.75, 3.05) is 18.4 Å². The van der Waals surface area contributed by atoms with Gasteiger partial charge in [-0.25, -0.2) is 8.42 Å². The van der Waals surface area contributed by atoms with E-state index in [0.29, 0.717) is 13.1 Å². The minimum atomic E-state index is -3.54. The summed E-state index contributed by atoms with van der Waals surface area (Å²) in [7, 11) is -3.54. The van der Waals surface area contributed by atoms with E-state index < -0.39 is 14.9 Å². The SMILES string of the molecule is CCN(CC)S(=O)(=O)c1ccc(CNc2ccc(C(=O)NC(C)C)cc2[N+](=O)[O-])cc1. The number of carbonyl (C=O) groups excluding carboxylic acids is 1. The van der Waals surface area contributed by atoms with Crippen molar-refractivity contribution >= 4 is 27.3 Å². The van der Waals surface area contributed by atoms with Crippen molar-refractivity contribution in [3.8, 4) is 0 Å². The zero-order valence-electron chi connectivity index (χ0n) is 18.1. The van der Waals surface area contributed by atoms with Crippen LogP contribution in [0, 0.1) is 10.1 Å². The molecule has 2 aromatic rings. The first-order valence-electron chi connectivity index (χ1n) is 10.0. The van der Waals surface area contributed by atoms with Crippen molar-refractivity contribution < 1.29 is 18.1 Å². The molecular weight excluding hydrogens is 420 g/mol. The molecule has 0 bridgehead atoms. The second kappa shape index (κ2) is 10.4. The van der Waals surface area contributed by atoms with Crippen LogP contribution in [0.15, 0.2) is 47.4 Å². The monoisotopic (exact) mass is 448 g/mol. The van der Waals surface area contributed by atoms with E-state index in [1.165, 1.54) is 34.6 Å². The summed E-state index contributed by atoms with van der Waals surface area (Å²) in [6.07, 6.45) is 0. The second-order valence-electron chi connectivity index (χ2n) is 7.20. The van der Waals surface area contributed by atoms with Gasteiger partial charge >= 0.3 is 0 Å². The number of nitro benzene ring substituents is 1. The van der Waals surface area contributed by atoms with E-state index >= 15 is 0 Å². The number of sulfonamides is 1. The van der Waals surface area contributed by atoms with Crippen molar-refractivity contribution in [2.24, 2.45) is 0 Å². The number of amides is 1. The Bertz CT molecular complexity index is 1030. The minimum Gasteiger partial charge on any atom is -0.375 e. The van der Waals surface area contributed by atoms with Crippen LogP contribution in [0.3, 0.4) is 0 Å². The molecule has 0 radical (unpaired) electrons. The van der Waals surface area contributed by atoms with E-state index in [2.05, 4.69) is 10.6 Å². The van der Waals surface area contributed by atoms with Crippen molar-refractivity contribution in [3.63, 3.8) is 0 Å². The van der Waals surface area contributed by atoms with Gasteiger partial charge in [0.2, 0.25) is 10.0 Å². The molecule has 0 spiro atoms. The molecule has 0 unspecified atom stereocenters. The highest BCUT2D eigenvalue weighted by molar-refractivity contribution is 7.89. The lowest BCUT2D eigenvalue weighted by atomic mass is 10.1. The Labute approximate surface area is 182 Å². The number of hydrogen-bond donors (Lipinski definition) is 2. The molecule has 168 valence electrons. The van der Waals surface area contributed by atoms with Crippen LogP contribution in [0.2, 0.25) is 0 Å². The maximum atomic E-state index is 12.6. The van der Waals surface area contributed by atoms with Gasteiger partial charge in [0.05, 0.1) is 9.82 Å². The van der Waals surface area contributed by atoms with E-state index in [9.17, 15) is 23.3 Å². The summed E-state index contributed by atoms with van der Waals surface area (Å²) >= 11 is 0. The maximum Gasteiger partial charge on any atom is 0.293 e. The molecule has 10 heteroatoms.